The molecule has 8 aromatic carbocycles. The van der Waals surface area contributed by atoms with E-state index in [2.05, 4.69) is 216 Å². The molecule has 1 aromatic heterocycles. The van der Waals surface area contributed by atoms with Gasteiger partial charge in [0.1, 0.15) is 0 Å². The number of allylic oxidation sites excluding steroid dienone is 4. The van der Waals surface area contributed by atoms with Gasteiger partial charge in [-0.1, -0.05) is 184 Å². The maximum absolute atomic E-state index is 5.42. The molecule has 3 nitrogen and oxygen atoms in total. The third kappa shape index (κ3) is 5.21. The fraction of sp³-hybridized carbons (Fsp3) is 0.136. The van der Waals surface area contributed by atoms with Crippen molar-refractivity contribution in [3.8, 4) is 45.3 Å². The van der Waals surface area contributed by atoms with Crippen LogP contribution in [0.5, 0.6) is 0 Å². The Morgan fingerprint density at radius 2 is 0.935 bits per heavy atom. The standard InChI is InChI=1S/C59H45N3/c1-36-37(2)50-33-38(27-30-45(50)44-22-12-11-21-43(36)44)55-60-56(39-28-31-48-46-23-13-15-25-51(46)58(3,4)53(48)34-39)62-57(61-55)40-29-32-49-47-24-14-16-26-52(47)59(54(49)35-40,41-17-7-5-8-18-41)42-19-9-6-10-20-42/h5-35,47,52H,1-4H3. The Bertz CT molecular complexity index is 3320. The van der Waals surface area contributed by atoms with Crippen molar-refractivity contribution >= 4 is 21.5 Å². The van der Waals surface area contributed by atoms with Crippen LogP contribution in [0.2, 0.25) is 0 Å². The second-order valence-corrected chi connectivity index (χ2v) is 18.0. The fourth-order valence-electron chi connectivity index (χ4n) is 11.4. The van der Waals surface area contributed by atoms with Crippen molar-refractivity contribution in [2.45, 2.75) is 44.4 Å². The molecule has 0 fully saturated rings. The zero-order chi connectivity index (χ0) is 41.7. The summed E-state index contributed by atoms with van der Waals surface area (Å²) in [6.07, 6.45) is 9.24. The summed E-state index contributed by atoms with van der Waals surface area (Å²) in [5, 5.41) is 5.01. The minimum Gasteiger partial charge on any atom is -0.208 e. The Hall–Kier alpha value is -7.23. The minimum absolute atomic E-state index is 0.158. The van der Waals surface area contributed by atoms with E-state index in [-0.39, 0.29) is 17.3 Å². The third-order valence-corrected chi connectivity index (χ3v) is 14.5. The van der Waals surface area contributed by atoms with Crippen molar-refractivity contribution in [2.75, 3.05) is 0 Å². The van der Waals surface area contributed by atoms with E-state index in [4.69, 9.17) is 15.0 Å². The number of benzene rings is 8. The summed E-state index contributed by atoms with van der Waals surface area (Å²) in [4.78, 5) is 16.2. The number of nitrogens with zero attached hydrogens (tertiary/aromatic N) is 3. The number of hydrogen-bond acceptors (Lipinski definition) is 3. The second kappa shape index (κ2) is 13.6. The highest BCUT2D eigenvalue weighted by molar-refractivity contribution is 6.11. The van der Waals surface area contributed by atoms with Gasteiger partial charge in [0, 0.05) is 33.9 Å². The molecule has 12 rings (SSSR count). The summed E-state index contributed by atoms with van der Waals surface area (Å²) >= 11 is 0. The predicted molar refractivity (Wildman–Crippen MR) is 255 cm³/mol. The molecule has 0 radical (unpaired) electrons. The fourth-order valence-corrected chi connectivity index (χ4v) is 11.4. The van der Waals surface area contributed by atoms with E-state index in [1.165, 1.54) is 77.2 Å². The van der Waals surface area contributed by atoms with Gasteiger partial charge in [0.15, 0.2) is 17.5 Å². The second-order valence-electron chi connectivity index (χ2n) is 18.0. The summed E-state index contributed by atoms with van der Waals surface area (Å²) in [5.74, 6) is 2.43. The van der Waals surface area contributed by atoms with Gasteiger partial charge in [-0.05, 0) is 109 Å². The van der Waals surface area contributed by atoms with E-state index in [9.17, 15) is 0 Å². The van der Waals surface area contributed by atoms with Crippen molar-refractivity contribution in [1.82, 2.24) is 15.0 Å². The number of rotatable bonds is 5. The van der Waals surface area contributed by atoms with Crippen LogP contribution in [0.15, 0.2) is 188 Å². The number of fused-ring (bicyclic) bond motifs is 9. The first-order valence-electron chi connectivity index (χ1n) is 21.9. The number of aromatic nitrogens is 3. The normalized spacial score (nSPS) is 17.5. The number of aryl methyl sites for hydroxylation is 2. The zero-order valence-electron chi connectivity index (χ0n) is 35.4. The molecule has 1 heterocycles. The van der Waals surface area contributed by atoms with E-state index in [1.54, 1.807) is 0 Å². The lowest BCUT2D eigenvalue weighted by atomic mass is 9.63. The van der Waals surface area contributed by atoms with Gasteiger partial charge in [-0.25, -0.2) is 15.0 Å². The molecule has 3 heteroatoms. The molecule has 3 aliphatic rings. The first-order chi connectivity index (χ1) is 30.3. The minimum atomic E-state index is -0.421. The van der Waals surface area contributed by atoms with Crippen LogP contribution in [0, 0.1) is 19.8 Å². The van der Waals surface area contributed by atoms with E-state index in [0.29, 0.717) is 17.5 Å². The lowest BCUT2D eigenvalue weighted by Crippen LogP contribution is -2.35. The highest BCUT2D eigenvalue weighted by Gasteiger charge is 2.53. The van der Waals surface area contributed by atoms with E-state index < -0.39 is 5.41 Å². The molecule has 9 aromatic rings. The van der Waals surface area contributed by atoms with Crippen molar-refractivity contribution < 1.29 is 0 Å². The Balaban J connectivity index is 1.09. The molecule has 2 atom stereocenters. The van der Waals surface area contributed by atoms with Gasteiger partial charge < -0.3 is 0 Å². The van der Waals surface area contributed by atoms with Crippen LogP contribution in [0.25, 0.3) is 66.8 Å². The Labute approximate surface area is 363 Å². The van der Waals surface area contributed by atoms with Crippen LogP contribution in [0.1, 0.15) is 64.3 Å². The molecule has 0 N–H and O–H groups in total. The Morgan fingerprint density at radius 3 is 1.65 bits per heavy atom. The highest BCUT2D eigenvalue weighted by atomic mass is 15.0. The third-order valence-electron chi connectivity index (χ3n) is 14.5. The molecule has 0 bridgehead atoms. The first-order valence-corrected chi connectivity index (χ1v) is 21.9. The Kier molecular flexibility index (Phi) is 8.05. The summed E-state index contributed by atoms with van der Waals surface area (Å²) in [7, 11) is 0. The smallest absolute Gasteiger partial charge is 0.164 e. The average molecular weight is 796 g/mol. The zero-order valence-corrected chi connectivity index (χ0v) is 35.4. The van der Waals surface area contributed by atoms with Crippen LogP contribution >= 0.6 is 0 Å². The van der Waals surface area contributed by atoms with E-state index >= 15 is 0 Å². The Morgan fingerprint density at radius 1 is 0.419 bits per heavy atom. The van der Waals surface area contributed by atoms with Gasteiger partial charge >= 0.3 is 0 Å². The van der Waals surface area contributed by atoms with Crippen LogP contribution < -0.4 is 0 Å². The van der Waals surface area contributed by atoms with E-state index in [0.717, 1.165) is 16.7 Å². The van der Waals surface area contributed by atoms with Crippen LogP contribution in [-0.2, 0) is 10.8 Å². The molecule has 62 heavy (non-hydrogen) atoms. The lowest BCUT2D eigenvalue weighted by molar-refractivity contribution is 0.457. The van der Waals surface area contributed by atoms with Crippen molar-refractivity contribution in [3.63, 3.8) is 0 Å². The summed E-state index contributed by atoms with van der Waals surface area (Å²) in [6.45, 7) is 9.12. The molecule has 0 saturated carbocycles. The molecule has 0 spiro atoms. The monoisotopic (exact) mass is 795 g/mol. The largest absolute Gasteiger partial charge is 0.208 e. The highest BCUT2D eigenvalue weighted by Crippen LogP contribution is 2.60. The first kappa shape index (κ1) is 36.6. The van der Waals surface area contributed by atoms with Gasteiger partial charge in [0.2, 0.25) is 0 Å². The lowest BCUT2D eigenvalue weighted by Gasteiger charge is -2.38. The van der Waals surface area contributed by atoms with Crippen LogP contribution in [0.3, 0.4) is 0 Å². The maximum Gasteiger partial charge on any atom is 0.164 e. The summed E-state index contributed by atoms with van der Waals surface area (Å²) in [5.41, 5.74) is 15.3. The number of hydrogen-bond donors (Lipinski definition) is 0. The van der Waals surface area contributed by atoms with Gasteiger partial charge in [-0.3, -0.25) is 0 Å². The summed E-state index contributed by atoms with van der Waals surface area (Å²) in [6, 6.07) is 60.2. The van der Waals surface area contributed by atoms with Gasteiger partial charge in [-0.2, -0.15) is 0 Å². The maximum atomic E-state index is 5.42. The molecule has 296 valence electrons. The average Bonchev–Trinajstić information content (AvgIpc) is 3.76. The molecule has 3 aliphatic carbocycles. The van der Waals surface area contributed by atoms with Crippen LogP contribution in [0.4, 0.5) is 0 Å². The van der Waals surface area contributed by atoms with Gasteiger partial charge in [-0.15, -0.1) is 0 Å². The van der Waals surface area contributed by atoms with E-state index in [1.807, 2.05) is 0 Å². The van der Waals surface area contributed by atoms with Crippen LogP contribution in [-0.4, -0.2) is 15.0 Å². The van der Waals surface area contributed by atoms with Crippen molar-refractivity contribution in [2.24, 2.45) is 5.92 Å². The molecular formula is C59H45N3. The SMILES string of the molecule is Cc1c(C)c2cc(-c3nc(-c4ccc5c(c4)C(C)(C)c4ccccc4-5)nc(-c4ccc5c(c4)C(c4ccccc4)(c4ccccc4)C4C=CC=CC54)n3)ccc2c2ccccc12. The van der Waals surface area contributed by atoms with Gasteiger partial charge in [0.05, 0.1) is 5.41 Å². The molecular weight excluding hydrogens is 751 g/mol. The quantitative estimate of drug-likeness (QED) is 0.163. The summed E-state index contributed by atoms with van der Waals surface area (Å²) < 4.78 is 0. The molecule has 0 saturated heterocycles. The van der Waals surface area contributed by atoms with Crippen molar-refractivity contribution in [3.05, 3.63) is 233 Å². The molecule has 0 amide bonds. The molecule has 2 unspecified atom stereocenters. The molecule has 0 aliphatic heterocycles. The predicted octanol–water partition coefficient (Wildman–Crippen LogP) is 14.3. The van der Waals surface area contributed by atoms with Crippen molar-refractivity contribution in [1.29, 1.82) is 0 Å². The van der Waals surface area contributed by atoms with Gasteiger partial charge in [0.25, 0.3) is 0 Å². The topological polar surface area (TPSA) is 38.7 Å².